The fourth-order valence-electron chi connectivity index (χ4n) is 3.72. The third-order valence-electron chi connectivity index (χ3n) is 5.55. The summed E-state index contributed by atoms with van der Waals surface area (Å²) in [6.45, 7) is 1.61. The van der Waals surface area contributed by atoms with Crippen LogP contribution in [-0.4, -0.2) is 29.9 Å². The average molecular weight is 476 g/mol. The molecule has 1 amide bonds. The molecule has 0 aliphatic carbocycles. The van der Waals surface area contributed by atoms with Crippen LogP contribution in [0.2, 0.25) is 0 Å². The summed E-state index contributed by atoms with van der Waals surface area (Å²) in [7, 11) is 1.61. The Morgan fingerprint density at radius 1 is 1.09 bits per heavy atom. The van der Waals surface area contributed by atoms with Gasteiger partial charge in [-0.05, 0) is 55.5 Å². The van der Waals surface area contributed by atoms with E-state index in [1.807, 2.05) is 0 Å². The van der Waals surface area contributed by atoms with Crippen molar-refractivity contribution in [1.82, 2.24) is 24.0 Å². The van der Waals surface area contributed by atoms with E-state index in [2.05, 4.69) is 15.4 Å². The Bertz CT molecular complexity index is 1640. The number of nitrogens with one attached hydrogen (secondary N) is 1. The normalized spacial score (nSPS) is 11.1. The molecule has 0 atom stereocenters. The second kappa shape index (κ2) is 8.52. The predicted molar refractivity (Wildman–Crippen MR) is 123 cm³/mol. The first-order valence-electron chi connectivity index (χ1n) is 10.4. The Morgan fingerprint density at radius 2 is 1.86 bits per heavy atom. The number of hydrogen-bond acceptors (Lipinski definition) is 5. The summed E-state index contributed by atoms with van der Waals surface area (Å²) < 4.78 is 37.9. The molecule has 0 aliphatic rings. The molecule has 1 N–H and O–H groups in total. The SMILES string of the molecule is Cc1c(C(=O)Nc2ccc(Oc3ncnn4cccc34)c(F)c2)c(=O)n(-c2ccc(F)cc2)n1C. The van der Waals surface area contributed by atoms with Gasteiger partial charge in [0.2, 0.25) is 5.88 Å². The summed E-state index contributed by atoms with van der Waals surface area (Å²) in [5.74, 6) is -1.82. The Morgan fingerprint density at radius 3 is 2.60 bits per heavy atom. The monoisotopic (exact) mass is 476 g/mol. The van der Waals surface area contributed by atoms with E-state index in [0.29, 0.717) is 16.9 Å². The zero-order chi connectivity index (χ0) is 24.7. The number of rotatable bonds is 5. The van der Waals surface area contributed by atoms with Crippen molar-refractivity contribution in [3.05, 3.63) is 100 Å². The first-order valence-corrected chi connectivity index (χ1v) is 10.4. The number of amides is 1. The molecule has 0 saturated heterocycles. The third-order valence-corrected chi connectivity index (χ3v) is 5.55. The number of ether oxygens (including phenoxy) is 1. The Balaban J connectivity index is 1.40. The van der Waals surface area contributed by atoms with E-state index in [9.17, 15) is 18.4 Å². The summed E-state index contributed by atoms with van der Waals surface area (Å²) in [4.78, 5) is 30.0. The first-order chi connectivity index (χ1) is 16.8. The second-order valence-electron chi connectivity index (χ2n) is 7.68. The van der Waals surface area contributed by atoms with E-state index >= 15 is 0 Å². The standard InChI is InChI=1S/C24H18F2N6O3/c1-14-21(24(34)32(30(14)2)17-8-5-15(25)6-9-17)22(33)29-16-7-10-20(18(26)12-16)35-23-19-4-3-11-31(19)28-13-27-23/h3-13H,1-2H3,(H,29,33). The van der Waals surface area contributed by atoms with Gasteiger partial charge in [0.05, 0.1) is 11.4 Å². The van der Waals surface area contributed by atoms with Crippen LogP contribution < -0.4 is 15.6 Å². The van der Waals surface area contributed by atoms with Gasteiger partial charge in [-0.3, -0.25) is 14.3 Å². The smallest absolute Gasteiger partial charge is 0.284 e. The maximum absolute atomic E-state index is 14.8. The van der Waals surface area contributed by atoms with E-state index in [1.54, 1.807) is 32.3 Å². The molecule has 0 radical (unpaired) electrons. The van der Waals surface area contributed by atoms with Crippen molar-refractivity contribution in [3.8, 4) is 17.3 Å². The first kappa shape index (κ1) is 22.0. The van der Waals surface area contributed by atoms with Crippen LogP contribution in [-0.2, 0) is 7.05 Å². The molecular formula is C24H18F2N6O3. The van der Waals surface area contributed by atoms with Crippen molar-refractivity contribution >= 4 is 17.1 Å². The van der Waals surface area contributed by atoms with Gasteiger partial charge in [-0.15, -0.1) is 0 Å². The third kappa shape index (κ3) is 3.92. The van der Waals surface area contributed by atoms with Crippen LogP contribution in [0.25, 0.3) is 11.2 Å². The number of aromatic nitrogens is 5. The summed E-state index contributed by atoms with van der Waals surface area (Å²) in [6, 6.07) is 12.7. The highest BCUT2D eigenvalue weighted by Crippen LogP contribution is 2.28. The molecule has 11 heteroatoms. The van der Waals surface area contributed by atoms with Gasteiger partial charge in [0, 0.05) is 25.0 Å². The van der Waals surface area contributed by atoms with E-state index in [4.69, 9.17) is 4.74 Å². The minimum Gasteiger partial charge on any atom is -0.434 e. The molecule has 0 unspecified atom stereocenters. The van der Waals surface area contributed by atoms with Gasteiger partial charge in [-0.25, -0.2) is 18.0 Å². The highest BCUT2D eigenvalue weighted by atomic mass is 19.1. The number of carbonyl (C=O) groups excluding carboxylic acids is 1. The number of anilines is 1. The lowest BCUT2D eigenvalue weighted by Gasteiger charge is -2.09. The zero-order valence-corrected chi connectivity index (χ0v) is 18.6. The van der Waals surface area contributed by atoms with E-state index in [-0.39, 0.29) is 22.9 Å². The molecule has 2 aromatic carbocycles. The van der Waals surface area contributed by atoms with Gasteiger partial charge in [0.15, 0.2) is 11.6 Å². The van der Waals surface area contributed by atoms with Crippen molar-refractivity contribution in [2.75, 3.05) is 5.32 Å². The number of carbonyl (C=O) groups is 1. The molecule has 5 aromatic rings. The molecule has 3 aromatic heterocycles. The molecule has 0 saturated carbocycles. The maximum atomic E-state index is 14.8. The summed E-state index contributed by atoms with van der Waals surface area (Å²) in [5.41, 5.74) is 0.768. The van der Waals surface area contributed by atoms with Crippen molar-refractivity contribution in [3.63, 3.8) is 0 Å². The minimum atomic E-state index is -0.736. The van der Waals surface area contributed by atoms with Gasteiger partial charge >= 0.3 is 0 Å². The van der Waals surface area contributed by atoms with Gasteiger partial charge < -0.3 is 10.1 Å². The fraction of sp³-hybridized carbons (Fsp3) is 0.0833. The van der Waals surface area contributed by atoms with Crippen molar-refractivity contribution in [2.24, 2.45) is 7.05 Å². The zero-order valence-electron chi connectivity index (χ0n) is 18.6. The molecule has 5 rings (SSSR count). The molecule has 35 heavy (non-hydrogen) atoms. The number of hydrogen-bond donors (Lipinski definition) is 1. The average Bonchev–Trinajstić information content (AvgIpc) is 3.40. The summed E-state index contributed by atoms with van der Waals surface area (Å²) in [5, 5.41) is 6.57. The highest BCUT2D eigenvalue weighted by Gasteiger charge is 2.23. The van der Waals surface area contributed by atoms with Crippen molar-refractivity contribution < 1.29 is 18.3 Å². The Labute approximate surface area is 196 Å². The number of fused-ring (bicyclic) bond motifs is 1. The van der Waals surface area contributed by atoms with Crippen LogP contribution in [0.15, 0.2) is 71.9 Å². The van der Waals surface area contributed by atoms with Crippen LogP contribution in [0.1, 0.15) is 16.1 Å². The quantitative estimate of drug-likeness (QED) is 0.416. The van der Waals surface area contributed by atoms with E-state index in [1.165, 1.54) is 56.6 Å². The van der Waals surface area contributed by atoms with Gasteiger partial charge in [-0.2, -0.15) is 10.1 Å². The lowest BCUT2D eigenvalue weighted by atomic mass is 10.2. The van der Waals surface area contributed by atoms with Gasteiger partial charge in [0.25, 0.3) is 11.5 Å². The Hall–Kier alpha value is -4.80. The molecular weight excluding hydrogens is 458 g/mol. The number of halogens is 2. The maximum Gasteiger partial charge on any atom is 0.284 e. The van der Waals surface area contributed by atoms with Crippen LogP contribution in [0.4, 0.5) is 14.5 Å². The van der Waals surface area contributed by atoms with Crippen LogP contribution in [0.5, 0.6) is 11.6 Å². The summed E-state index contributed by atoms with van der Waals surface area (Å²) >= 11 is 0. The molecule has 3 heterocycles. The largest absolute Gasteiger partial charge is 0.434 e. The van der Waals surface area contributed by atoms with Crippen LogP contribution in [0, 0.1) is 18.6 Å². The van der Waals surface area contributed by atoms with Gasteiger partial charge in [-0.1, -0.05) is 0 Å². The molecule has 0 fully saturated rings. The minimum absolute atomic E-state index is 0.0978. The molecule has 176 valence electrons. The molecule has 0 aliphatic heterocycles. The topological polar surface area (TPSA) is 95.5 Å². The number of benzene rings is 2. The molecule has 0 bridgehead atoms. The lowest BCUT2D eigenvalue weighted by molar-refractivity contribution is 0.102. The predicted octanol–water partition coefficient (Wildman–Crippen LogP) is 3.85. The van der Waals surface area contributed by atoms with E-state index in [0.717, 1.165) is 6.07 Å². The van der Waals surface area contributed by atoms with Crippen molar-refractivity contribution in [2.45, 2.75) is 6.92 Å². The van der Waals surface area contributed by atoms with Crippen molar-refractivity contribution in [1.29, 1.82) is 0 Å². The van der Waals surface area contributed by atoms with E-state index < -0.39 is 23.1 Å². The van der Waals surface area contributed by atoms with Crippen LogP contribution in [0.3, 0.4) is 0 Å². The molecule has 0 spiro atoms. The summed E-state index contributed by atoms with van der Waals surface area (Å²) in [6.07, 6.45) is 2.99. The lowest BCUT2D eigenvalue weighted by Crippen LogP contribution is -2.25. The Kier molecular flexibility index (Phi) is 5.36. The van der Waals surface area contributed by atoms with Gasteiger partial charge in [0.1, 0.15) is 23.2 Å². The fourth-order valence-corrected chi connectivity index (χ4v) is 3.72. The highest BCUT2D eigenvalue weighted by molar-refractivity contribution is 6.05. The second-order valence-corrected chi connectivity index (χ2v) is 7.68. The number of nitrogens with zero attached hydrogens (tertiary/aromatic N) is 5. The molecule has 9 nitrogen and oxygen atoms in total. The van der Waals surface area contributed by atoms with Crippen LogP contribution >= 0.6 is 0 Å².